The van der Waals surface area contributed by atoms with E-state index in [0.717, 1.165) is 32.1 Å². The molecule has 1 aromatic rings. The highest BCUT2D eigenvalue weighted by Gasteiger charge is 2.08. The molecule has 106 valence electrons. The number of carbonyl (C=O) groups is 2. The normalized spacial score (nSPS) is 10.4. The zero-order chi connectivity index (χ0) is 14.1. The van der Waals surface area contributed by atoms with Crippen LogP contribution in [-0.4, -0.2) is 28.5 Å². The number of nitrogens with zero attached hydrogens (tertiary/aromatic N) is 1. The van der Waals surface area contributed by atoms with E-state index >= 15 is 0 Å². The largest absolute Gasteiger partial charge is 0.481 e. The maximum atomic E-state index is 11.6. The Hall–Kier alpha value is -0.950. The second kappa shape index (κ2) is 9.03. The van der Waals surface area contributed by atoms with Crippen molar-refractivity contribution in [1.29, 1.82) is 0 Å². The van der Waals surface area contributed by atoms with E-state index < -0.39 is 5.97 Å². The fourth-order valence-electron chi connectivity index (χ4n) is 1.58. The van der Waals surface area contributed by atoms with Gasteiger partial charge in [-0.25, -0.2) is 4.98 Å². The Morgan fingerprint density at radius 3 is 2.58 bits per heavy atom. The van der Waals surface area contributed by atoms with Gasteiger partial charge in [0.2, 0.25) is 0 Å². The van der Waals surface area contributed by atoms with Crippen LogP contribution in [0.2, 0.25) is 0 Å². The van der Waals surface area contributed by atoms with Crippen molar-refractivity contribution >= 4 is 39.1 Å². The van der Waals surface area contributed by atoms with Gasteiger partial charge in [-0.1, -0.05) is 19.3 Å². The summed E-state index contributed by atoms with van der Waals surface area (Å²) in [6.45, 7) is 0.632. The predicted molar refractivity (Wildman–Crippen MR) is 77.5 cm³/mol. The van der Waals surface area contributed by atoms with Crippen LogP contribution >= 0.6 is 27.3 Å². The molecule has 0 saturated carbocycles. The Labute approximate surface area is 124 Å². The standard InChI is InChI=1S/C12H17BrN2O3S/c13-12-15-9(8-19-12)11(18)14-7-5-3-1-2-4-6-10(16)17/h8H,1-7H2,(H,14,18)(H,16,17). The molecule has 0 fully saturated rings. The van der Waals surface area contributed by atoms with E-state index in [-0.39, 0.29) is 12.3 Å². The number of unbranched alkanes of at least 4 members (excludes halogenated alkanes) is 4. The molecule has 0 spiro atoms. The maximum Gasteiger partial charge on any atom is 0.303 e. The molecule has 0 aliphatic carbocycles. The monoisotopic (exact) mass is 348 g/mol. The number of thiazole rings is 1. The number of nitrogens with one attached hydrogen (secondary N) is 1. The Morgan fingerprint density at radius 1 is 1.26 bits per heavy atom. The van der Waals surface area contributed by atoms with Crippen LogP contribution in [0.4, 0.5) is 0 Å². The number of carboxylic acids is 1. The molecule has 0 aliphatic heterocycles. The van der Waals surface area contributed by atoms with Crippen molar-refractivity contribution in [3.8, 4) is 0 Å². The molecule has 1 amide bonds. The lowest BCUT2D eigenvalue weighted by atomic mass is 10.1. The third kappa shape index (κ3) is 7.27. The number of hydrogen-bond donors (Lipinski definition) is 2. The van der Waals surface area contributed by atoms with Gasteiger partial charge in [-0.15, -0.1) is 11.3 Å². The summed E-state index contributed by atoms with van der Waals surface area (Å²) < 4.78 is 0.705. The second-order valence-electron chi connectivity index (χ2n) is 4.15. The minimum absolute atomic E-state index is 0.146. The lowest BCUT2D eigenvalue weighted by Gasteiger charge is -2.03. The number of halogens is 1. The van der Waals surface area contributed by atoms with Gasteiger partial charge in [0.1, 0.15) is 5.69 Å². The first-order chi connectivity index (χ1) is 9.09. The van der Waals surface area contributed by atoms with E-state index in [9.17, 15) is 9.59 Å². The van der Waals surface area contributed by atoms with Gasteiger partial charge < -0.3 is 10.4 Å². The van der Waals surface area contributed by atoms with Gasteiger partial charge in [-0.3, -0.25) is 9.59 Å². The minimum Gasteiger partial charge on any atom is -0.481 e. The number of aromatic nitrogens is 1. The van der Waals surface area contributed by atoms with E-state index in [4.69, 9.17) is 5.11 Å². The Morgan fingerprint density at radius 2 is 1.95 bits per heavy atom. The first-order valence-electron chi connectivity index (χ1n) is 6.20. The number of carbonyl (C=O) groups excluding carboxylic acids is 1. The average molecular weight is 349 g/mol. The number of aliphatic carboxylic acids is 1. The first-order valence-corrected chi connectivity index (χ1v) is 7.88. The lowest BCUT2D eigenvalue weighted by Crippen LogP contribution is -2.24. The molecule has 0 radical (unpaired) electrons. The Balaban J connectivity index is 1.99. The summed E-state index contributed by atoms with van der Waals surface area (Å²) in [6.07, 6.45) is 4.82. The Kier molecular flexibility index (Phi) is 7.66. The lowest BCUT2D eigenvalue weighted by molar-refractivity contribution is -0.137. The van der Waals surface area contributed by atoms with Gasteiger partial charge >= 0.3 is 5.97 Å². The van der Waals surface area contributed by atoms with Crippen LogP contribution in [0.5, 0.6) is 0 Å². The smallest absolute Gasteiger partial charge is 0.303 e. The molecule has 0 unspecified atom stereocenters. The zero-order valence-electron chi connectivity index (χ0n) is 10.5. The molecule has 1 heterocycles. The molecule has 7 heteroatoms. The highest BCUT2D eigenvalue weighted by atomic mass is 79.9. The molecular formula is C12H17BrN2O3S. The van der Waals surface area contributed by atoms with Gasteiger partial charge in [-0.05, 0) is 28.8 Å². The van der Waals surface area contributed by atoms with Crippen molar-refractivity contribution in [3.63, 3.8) is 0 Å². The van der Waals surface area contributed by atoms with Crippen LogP contribution in [0.15, 0.2) is 9.30 Å². The number of hydrogen-bond acceptors (Lipinski definition) is 4. The molecule has 1 rings (SSSR count). The van der Waals surface area contributed by atoms with Gasteiger partial charge in [0.05, 0.1) is 0 Å². The molecule has 1 aromatic heterocycles. The highest BCUT2D eigenvalue weighted by Crippen LogP contribution is 2.15. The molecule has 0 atom stereocenters. The number of rotatable bonds is 9. The Bertz CT molecular complexity index is 423. The topological polar surface area (TPSA) is 79.3 Å². The fraction of sp³-hybridized carbons (Fsp3) is 0.583. The summed E-state index contributed by atoms with van der Waals surface area (Å²) >= 11 is 4.60. The number of carboxylic acid groups (broad SMARTS) is 1. The second-order valence-corrected chi connectivity index (χ2v) is 6.29. The number of amides is 1. The van der Waals surface area contributed by atoms with E-state index in [1.807, 2.05) is 0 Å². The molecule has 0 bridgehead atoms. The summed E-state index contributed by atoms with van der Waals surface area (Å²) in [5.41, 5.74) is 0.443. The third-order valence-corrected chi connectivity index (χ3v) is 3.93. The quantitative estimate of drug-likeness (QED) is 0.672. The maximum absolute atomic E-state index is 11.6. The van der Waals surface area contributed by atoms with Crippen molar-refractivity contribution in [2.24, 2.45) is 0 Å². The molecule has 0 saturated heterocycles. The van der Waals surface area contributed by atoms with E-state index in [1.54, 1.807) is 5.38 Å². The highest BCUT2D eigenvalue weighted by molar-refractivity contribution is 9.11. The summed E-state index contributed by atoms with van der Waals surface area (Å²) in [7, 11) is 0. The van der Waals surface area contributed by atoms with E-state index in [1.165, 1.54) is 11.3 Å². The van der Waals surface area contributed by atoms with Crippen LogP contribution in [0.1, 0.15) is 49.0 Å². The van der Waals surface area contributed by atoms with Gasteiger partial charge in [0.25, 0.3) is 5.91 Å². The molecule has 0 aromatic carbocycles. The molecular weight excluding hydrogens is 332 g/mol. The van der Waals surface area contributed by atoms with Crippen molar-refractivity contribution in [1.82, 2.24) is 10.3 Å². The summed E-state index contributed by atoms with van der Waals surface area (Å²) in [5.74, 6) is -0.880. The first kappa shape index (κ1) is 16.1. The van der Waals surface area contributed by atoms with E-state index in [2.05, 4.69) is 26.2 Å². The van der Waals surface area contributed by atoms with Gasteiger partial charge in [0.15, 0.2) is 3.92 Å². The summed E-state index contributed by atoms with van der Waals surface area (Å²) in [5, 5.41) is 13.0. The van der Waals surface area contributed by atoms with Crippen molar-refractivity contribution in [3.05, 3.63) is 15.0 Å². The van der Waals surface area contributed by atoms with Crippen LogP contribution in [-0.2, 0) is 4.79 Å². The van der Waals surface area contributed by atoms with Crippen molar-refractivity contribution in [2.75, 3.05) is 6.54 Å². The third-order valence-electron chi connectivity index (χ3n) is 2.56. The SMILES string of the molecule is O=C(O)CCCCCCCNC(=O)c1csc(Br)n1. The zero-order valence-corrected chi connectivity index (χ0v) is 12.9. The molecule has 0 aliphatic rings. The fourth-order valence-corrected chi connectivity index (χ4v) is 2.57. The van der Waals surface area contributed by atoms with Crippen LogP contribution in [0.25, 0.3) is 0 Å². The van der Waals surface area contributed by atoms with Crippen LogP contribution in [0, 0.1) is 0 Å². The van der Waals surface area contributed by atoms with Crippen LogP contribution < -0.4 is 5.32 Å². The average Bonchev–Trinajstić information content (AvgIpc) is 2.78. The molecule has 5 nitrogen and oxygen atoms in total. The summed E-state index contributed by atoms with van der Waals surface area (Å²) in [4.78, 5) is 25.9. The van der Waals surface area contributed by atoms with Crippen molar-refractivity contribution in [2.45, 2.75) is 38.5 Å². The van der Waals surface area contributed by atoms with Gasteiger partial charge in [-0.2, -0.15) is 0 Å². The van der Waals surface area contributed by atoms with Gasteiger partial charge in [0, 0.05) is 18.3 Å². The molecule has 19 heavy (non-hydrogen) atoms. The van der Waals surface area contributed by atoms with E-state index in [0.29, 0.717) is 16.2 Å². The molecule has 2 N–H and O–H groups in total. The predicted octanol–water partition coefficient (Wildman–Crippen LogP) is 3.06. The van der Waals surface area contributed by atoms with Crippen molar-refractivity contribution < 1.29 is 14.7 Å². The summed E-state index contributed by atoms with van der Waals surface area (Å²) in [6, 6.07) is 0. The minimum atomic E-state index is -0.735. The van der Waals surface area contributed by atoms with Crippen LogP contribution in [0.3, 0.4) is 0 Å².